The Bertz CT molecular complexity index is 1030. The number of carbonyl (C=O) groups is 1. The molecule has 0 saturated heterocycles. The van der Waals surface area contributed by atoms with Crippen molar-refractivity contribution in [3.63, 3.8) is 0 Å². The first-order valence-corrected chi connectivity index (χ1v) is 9.55. The zero-order chi connectivity index (χ0) is 20.4. The Labute approximate surface area is 168 Å². The van der Waals surface area contributed by atoms with Crippen LogP contribution in [0.2, 0.25) is 0 Å². The van der Waals surface area contributed by atoms with Gasteiger partial charge >= 0.3 is 0 Å². The van der Waals surface area contributed by atoms with Crippen LogP contribution in [0.3, 0.4) is 0 Å². The predicted octanol–water partition coefficient (Wildman–Crippen LogP) is 3.37. The Hall–Kier alpha value is -3.32. The van der Waals surface area contributed by atoms with Crippen molar-refractivity contribution < 1.29 is 19.4 Å². The zero-order valence-corrected chi connectivity index (χ0v) is 16.4. The minimum absolute atomic E-state index is 0.117. The number of para-hydroxylation sites is 1. The van der Waals surface area contributed by atoms with E-state index in [2.05, 4.69) is 10.2 Å². The summed E-state index contributed by atoms with van der Waals surface area (Å²) >= 11 is 0. The number of rotatable bonds is 7. The Morgan fingerprint density at radius 2 is 2.03 bits per heavy atom. The van der Waals surface area contributed by atoms with Crippen LogP contribution in [0, 0.1) is 0 Å². The van der Waals surface area contributed by atoms with Crippen molar-refractivity contribution >= 4 is 5.91 Å². The minimum Gasteiger partial charge on any atom is -0.507 e. The molecular formula is C22H23N3O4. The molecule has 1 amide bonds. The first-order chi connectivity index (χ1) is 14.2. The second kappa shape index (κ2) is 7.97. The molecule has 1 aliphatic rings. The molecule has 1 aliphatic heterocycles. The lowest BCUT2D eigenvalue weighted by Crippen LogP contribution is -2.32. The summed E-state index contributed by atoms with van der Waals surface area (Å²) in [5.74, 6) is 0.717. The molecule has 0 radical (unpaired) electrons. The fourth-order valence-corrected chi connectivity index (χ4v) is 3.78. The molecule has 2 aromatic carbocycles. The number of phenols is 1. The average Bonchev–Trinajstić information content (AvgIpc) is 3.26. The van der Waals surface area contributed by atoms with Crippen LogP contribution < -0.4 is 4.74 Å². The lowest BCUT2D eigenvalue weighted by Gasteiger charge is -2.26. The van der Waals surface area contributed by atoms with Crippen molar-refractivity contribution in [2.75, 3.05) is 26.9 Å². The third kappa shape index (κ3) is 3.34. The Morgan fingerprint density at radius 3 is 2.79 bits per heavy atom. The molecule has 0 saturated carbocycles. The highest BCUT2D eigenvalue weighted by molar-refractivity contribution is 6.00. The molecule has 0 aliphatic carbocycles. The molecule has 0 spiro atoms. The van der Waals surface area contributed by atoms with E-state index in [1.807, 2.05) is 37.3 Å². The molecule has 7 heteroatoms. The van der Waals surface area contributed by atoms with Crippen LogP contribution in [0.5, 0.6) is 11.5 Å². The molecule has 150 valence electrons. The maximum absolute atomic E-state index is 13.1. The molecule has 0 fully saturated rings. The summed E-state index contributed by atoms with van der Waals surface area (Å²) in [6.45, 7) is 3.33. The summed E-state index contributed by atoms with van der Waals surface area (Å²) < 4.78 is 10.9. The Balaban J connectivity index is 1.86. The molecular weight excluding hydrogens is 370 g/mol. The topological polar surface area (TPSA) is 87.7 Å². The maximum atomic E-state index is 13.1. The lowest BCUT2D eigenvalue weighted by atomic mass is 9.95. The summed E-state index contributed by atoms with van der Waals surface area (Å²) in [7, 11) is 1.61. The maximum Gasteiger partial charge on any atom is 0.273 e. The van der Waals surface area contributed by atoms with Gasteiger partial charge in [0, 0.05) is 24.8 Å². The number of carbonyl (C=O) groups excluding carboxylic acids is 1. The largest absolute Gasteiger partial charge is 0.507 e. The number of aromatic nitrogens is 2. The molecule has 4 rings (SSSR count). The number of aromatic hydroxyl groups is 1. The van der Waals surface area contributed by atoms with Crippen LogP contribution in [-0.4, -0.2) is 53.0 Å². The second-order valence-corrected chi connectivity index (χ2v) is 6.78. The average molecular weight is 393 g/mol. The van der Waals surface area contributed by atoms with Crippen molar-refractivity contribution in [1.29, 1.82) is 0 Å². The van der Waals surface area contributed by atoms with Crippen LogP contribution in [0.1, 0.15) is 34.6 Å². The van der Waals surface area contributed by atoms with Gasteiger partial charge in [0.15, 0.2) is 0 Å². The van der Waals surface area contributed by atoms with Gasteiger partial charge in [0.1, 0.15) is 22.9 Å². The number of hydrogen-bond donors (Lipinski definition) is 2. The van der Waals surface area contributed by atoms with Crippen LogP contribution in [0.4, 0.5) is 0 Å². The van der Waals surface area contributed by atoms with Crippen LogP contribution in [0.15, 0.2) is 48.5 Å². The first kappa shape index (κ1) is 19.0. The number of amides is 1. The van der Waals surface area contributed by atoms with Gasteiger partial charge in [-0.3, -0.25) is 9.89 Å². The van der Waals surface area contributed by atoms with E-state index in [4.69, 9.17) is 9.47 Å². The molecule has 29 heavy (non-hydrogen) atoms. The monoisotopic (exact) mass is 393 g/mol. The number of nitrogens with one attached hydrogen (secondary N) is 1. The molecule has 1 aromatic heterocycles. The van der Waals surface area contributed by atoms with E-state index in [0.29, 0.717) is 36.7 Å². The van der Waals surface area contributed by atoms with Crippen molar-refractivity contribution in [3.8, 4) is 22.8 Å². The molecule has 7 nitrogen and oxygen atoms in total. The fourth-order valence-electron chi connectivity index (χ4n) is 3.78. The van der Waals surface area contributed by atoms with Crippen molar-refractivity contribution in [2.45, 2.75) is 13.0 Å². The minimum atomic E-state index is -0.360. The van der Waals surface area contributed by atoms with Gasteiger partial charge in [0.25, 0.3) is 5.91 Å². The van der Waals surface area contributed by atoms with Crippen LogP contribution in [-0.2, 0) is 4.74 Å². The number of ether oxygens (including phenoxy) is 2. The highest BCUT2D eigenvalue weighted by Gasteiger charge is 2.42. The van der Waals surface area contributed by atoms with Crippen molar-refractivity contribution in [1.82, 2.24) is 15.1 Å². The summed E-state index contributed by atoms with van der Waals surface area (Å²) in [6, 6.07) is 14.4. The molecule has 0 unspecified atom stereocenters. The van der Waals surface area contributed by atoms with Crippen molar-refractivity contribution in [2.24, 2.45) is 0 Å². The number of fused-ring (bicyclic) bond motifs is 1. The quantitative estimate of drug-likeness (QED) is 0.643. The van der Waals surface area contributed by atoms with Gasteiger partial charge in [-0.15, -0.1) is 0 Å². The van der Waals surface area contributed by atoms with E-state index in [1.54, 1.807) is 30.2 Å². The fraction of sp³-hybridized carbons (Fsp3) is 0.273. The van der Waals surface area contributed by atoms with Gasteiger partial charge < -0.3 is 19.5 Å². The number of H-pyrrole nitrogens is 1. The van der Waals surface area contributed by atoms with Gasteiger partial charge in [-0.05, 0) is 36.8 Å². The van der Waals surface area contributed by atoms with E-state index >= 15 is 0 Å². The highest BCUT2D eigenvalue weighted by Crippen LogP contribution is 2.44. The highest BCUT2D eigenvalue weighted by atomic mass is 16.5. The third-order valence-corrected chi connectivity index (χ3v) is 5.04. The number of nitrogens with zero attached hydrogens (tertiary/aromatic N) is 2. The standard InChI is InChI=1S/C22H23N3O4/c1-3-29-15-8-6-7-14(13-15)21-18-19(16-9-4-5-10-17(16)26)23-24-20(18)22(27)25(21)11-12-28-2/h4-10,13,21,26H,3,11-12H2,1-2H3,(H,23,24)/t21-/m0/s1. The zero-order valence-electron chi connectivity index (χ0n) is 16.4. The number of hydrogen-bond acceptors (Lipinski definition) is 5. The number of phenolic OH excluding ortho intramolecular Hbond substituents is 1. The smallest absolute Gasteiger partial charge is 0.273 e. The molecule has 0 bridgehead atoms. The molecule has 2 heterocycles. The van der Waals surface area contributed by atoms with E-state index in [-0.39, 0.29) is 17.7 Å². The Kier molecular flexibility index (Phi) is 5.22. The number of benzene rings is 2. The van der Waals surface area contributed by atoms with E-state index in [1.165, 1.54) is 0 Å². The summed E-state index contributed by atoms with van der Waals surface area (Å²) in [4.78, 5) is 14.9. The van der Waals surface area contributed by atoms with E-state index < -0.39 is 0 Å². The molecule has 2 N–H and O–H groups in total. The van der Waals surface area contributed by atoms with E-state index in [0.717, 1.165) is 16.9 Å². The summed E-state index contributed by atoms with van der Waals surface area (Å²) in [5.41, 5.74) is 3.25. The number of aromatic amines is 1. The third-order valence-electron chi connectivity index (χ3n) is 5.04. The van der Waals surface area contributed by atoms with E-state index in [9.17, 15) is 9.90 Å². The second-order valence-electron chi connectivity index (χ2n) is 6.78. The van der Waals surface area contributed by atoms with Gasteiger partial charge in [-0.25, -0.2) is 0 Å². The molecule has 1 atom stereocenters. The predicted molar refractivity (Wildman–Crippen MR) is 108 cm³/mol. The van der Waals surface area contributed by atoms with Crippen molar-refractivity contribution in [3.05, 3.63) is 65.4 Å². The molecule has 3 aromatic rings. The SMILES string of the molecule is CCOc1cccc([C@H]2c3c(-c4ccccc4O)n[nH]c3C(=O)N2CCOC)c1. The van der Waals surface area contributed by atoms with Gasteiger partial charge in [-0.2, -0.15) is 5.10 Å². The van der Waals surface area contributed by atoms with Gasteiger partial charge in [0.2, 0.25) is 0 Å². The first-order valence-electron chi connectivity index (χ1n) is 9.55. The van der Waals surface area contributed by atoms with Gasteiger partial charge in [-0.1, -0.05) is 24.3 Å². The van der Waals surface area contributed by atoms with Gasteiger partial charge in [0.05, 0.1) is 19.3 Å². The normalized spacial score (nSPS) is 15.6. The lowest BCUT2D eigenvalue weighted by molar-refractivity contribution is 0.0677. The van der Waals surface area contributed by atoms with Crippen LogP contribution >= 0.6 is 0 Å². The Morgan fingerprint density at radius 1 is 1.21 bits per heavy atom. The number of methoxy groups -OCH3 is 1. The summed E-state index contributed by atoms with van der Waals surface area (Å²) in [6.07, 6.45) is 0. The van der Waals surface area contributed by atoms with Crippen LogP contribution in [0.25, 0.3) is 11.3 Å². The summed E-state index contributed by atoms with van der Waals surface area (Å²) in [5, 5.41) is 17.6.